The fourth-order valence-electron chi connectivity index (χ4n) is 1.12. The molecule has 0 N–H and O–H groups in total. The molecule has 5 heteroatoms. The molecule has 0 bridgehead atoms. The Labute approximate surface area is 89.4 Å². The predicted molar refractivity (Wildman–Crippen MR) is 51.1 cm³/mol. The van der Waals surface area contributed by atoms with Gasteiger partial charge in [-0.25, -0.2) is 4.39 Å². The van der Waals surface area contributed by atoms with Crippen LogP contribution in [0.5, 0.6) is 0 Å². The molecule has 0 aliphatic rings. The molecular formula is C11H8F4O. The average molecular weight is 232 g/mol. The molecule has 0 spiro atoms. The van der Waals surface area contributed by atoms with E-state index in [-0.39, 0.29) is 12.0 Å². The number of alkyl halides is 3. The van der Waals surface area contributed by atoms with Gasteiger partial charge < -0.3 is 4.79 Å². The third-order valence-electron chi connectivity index (χ3n) is 1.84. The van der Waals surface area contributed by atoms with Crippen LogP contribution >= 0.6 is 0 Å². The van der Waals surface area contributed by atoms with E-state index in [1.54, 1.807) is 0 Å². The molecule has 0 atom stereocenters. The van der Waals surface area contributed by atoms with Crippen molar-refractivity contribution in [2.24, 2.45) is 0 Å². The minimum absolute atomic E-state index is 0.110. The third kappa shape index (κ3) is 3.18. The van der Waals surface area contributed by atoms with Crippen molar-refractivity contribution < 1.29 is 22.4 Å². The minimum Gasteiger partial charge on any atom is -0.303 e. The SMILES string of the molecule is O=CCC=Cc1ccc(F)c(C(F)(F)F)c1. The lowest BCUT2D eigenvalue weighted by Gasteiger charge is -2.08. The standard InChI is InChI=1S/C11H8F4O/c12-10-5-4-8(3-1-2-6-16)7-9(10)11(13,14)15/h1,3-7H,2H2. The van der Waals surface area contributed by atoms with Gasteiger partial charge in [-0.3, -0.25) is 0 Å². The van der Waals surface area contributed by atoms with Crippen LogP contribution in [0.2, 0.25) is 0 Å². The molecule has 0 aliphatic carbocycles. The quantitative estimate of drug-likeness (QED) is 0.576. The molecule has 0 aliphatic heterocycles. The first-order chi connectivity index (χ1) is 7.45. The first-order valence-corrected chi connectivity index (χ1v) is 4.42. The largest absolute Gasteiger partial charge is 0.419 e. The molecule has 0 fully saturated rings. The zero-order valence-electron chi connectivity index (χ0n) is 8.09. The van der Waals surface area contributed by atoms with Gasteiger partial charge in [0.05, 0.1) is 5.56 Å². The lowest BCUT2D eigenvalue weighted by molar-refractivity contribution is -0.140. The van der Waals surface area contributed by atoms with Crippen LogP contribution in [0, 0.1) is 5.82 Å². The summed E-state index contributed by atoms with van der Waals surface area (Å²) in [6.07, 6.45) is -1.24. The van der Waals surface area contributed by atoms with E-state index < -0.39 is 17.6 Å². The summed E-state index contributed by atoms with van der Waals surface area (Å²) in [7, 11) is 0. The zero-order chi connectivity index (χ0) is 12.2. The molecule has 86 valence electrons. The molecule has 1 aromatic carbocycles. The van der Waals surface area contributed by atoms with E-state index in [0.29, 0.717) is 12.4 Å². The second-order valence-corrected chi connectivity index (χ2v) is 3.04. The molecular weight excluding hydrogens is 224 g/mol. The fraction of sp³-hybridized carbons (Fsp3) is 0.182. The van der Waals surface area contributed by atoms with Gasteiger partial charge in [-0.1, -0.05) is 18.2 Å². The summed E-state index contributed by atoms with van der Waals surface area (Å²) >= 11 is 0. The van der Waals surface area contributed by atoms with Gasteiger partial charge in [0.1, 0.15) is 12.1 Å². The molecule has 0 saturated carbocycles. The highest BCUT2D eigenvalue weighted by Gasteiger charge is 2.33. The molecule has 1 rings (SSSR count). The van der Waals surface area contributed by atoms with E-state index in [9.17, 15) is 22.4 Å². The smallest absolute Gasteiger partial charge is 0.303 e. The predicted octanol–water partition coefficient (Wildman–Crippen LogP) is 3.45. The second kappa shape index (κ2) is 4.92. The van der Waals surface area contributed by atoms with Crippen molar-refractivity contribution in [1.82, 2.24) is 0 Å². The van der Waals surface area contributed by atoms with Gasteiger partial charge in [0, 0.05) is 6.42 Å². The van der Waals surface area contributed by atoms with Crippen LogP contribution in [-0.4, -0.2) is 6.29 Å². The zero-order valence-corrected chi connectivity index (χ0v) is 8.09. The third-order valence-corrected chi connectivity index (χ3v) is 1.84. The molecule has 0 heterocycles. The summed E-state index contributed by atoms with van der Waals surface area (Å²) in [5, 5.41) is 0. The summed E-state index contributed by atoms with van der Waals surface area (Å²) in [6, 6.07) is 2.67. The van der Waals surface area contributed by atoms with E-state index in [4.69, 9.17) is 0 Å². The second-order valence-electron chi connectivity index (χ2n) is 3.04. The van der Waals surface area contributed by atoms with Crippen LogP contribution in [0.4, 0.5) is 17.6 Å². The van der Waals surface area contributed by atoms with Crippen molar-refractivity contribution in [3.05, 3.63) is 41.2 Å². The minimum atomic E-state index is -4.71. The van der Waals surface area contributed by atoms with E-state index >= 15 is 0 Å². The number of carbonyl (C=O) groups is 1. The number of carbonyl (C=O) groups excluding carboxylic acids is 1. The van der Waals surface area contributed by atoms with Gasteiger partial charge in [0.15, 0.2) is 0 Å². The Morgan fingerprint density at radius 1 is 1.25 bits per heavy atom. The number of hydrogen-bond acceptors (Lipinski definition) is 1. The van der Waals surface area contributed by atoms with Crippen molar-refractivity contribution in [2.45, 2.75) is 12.6 Å². The number of rotatable bonds is 3. The molecule has 16 heavy (non-hydrogen) atoms. The number of hydrogen-bond donors (Lipinski definition) is 0. The maximum absolute atomic E-state index is 12.9. The topological polar surface area (TPSA) is 17.1 Å². The van der Waals surface area contributed by atoms with Gasteiger partial charge in [-0.15, -0.1) is 0 Å². The van der Waals surface area contributed by atoms with E-state index in [1.165, 1.54) is 18.2 Å². The molecule has 0 aromatic heterocycles. The highest BCUT2D eigenvalue weighted by molar-refractivity contribution is 5.58. The van der Waals surface area contributed by atoms with E-state index in [0.717, 1.165) is 6.07 Å². The molecule has 1 aromatic rings. The van der Waals surface area contributed by atoms with Crippen LogP contribution in [0.15, 0.2) is 24.3 Å². The average Bonchev–Trinajstić information content (AvgIpc) is 2.19. The summed E-state index contributed by atoms with van der Waals surface area (Å²) in [4.78, 5) is 9.98. The Bertz CT molecular complexity index is 407. The molecule has 0 saturated heterocycles. The first kappa shape index (κ1) is 12.4. The molecule has 1 nitrogen and oxygen atoms in total. The number of halogens is 4. The van der Waals surface area contributed by atoms with Gasteiger partial charge in [-0.05, 0) is 17.7 Å². The van der Waals surface area contributed by atoms with Crippen LogP contribution in [-0.2, 0) is 11.0 Å². The lowest BCUT2D eigenvalue weighted by atomic mass is 10.1. The summed E-state index contributed by atoms with van der Waals surface area (Å²) in [5.74, 6) is -1.31. The first-order valence-electron chi connectivity index (χ1n) is 4.42. The fourth-order valence-corrected chi connectivity index (χ4v) is 1.12. The Morgan fingerprint density at radius 2 is 1.94 bits per heavy atom. The lowest BCUT2D eigenvalue weighted by Crippen LogP contribution is -2.08. The van der Waals surface area contributed by atoms with Crippen LogP contribution in [0.1, 0.15) is 17.5 Å². The van der Waals surface area contributed by atoms with Gasteiger partial charge in [0.25, 0.3) is 0 Å². The van der Waals surface area contributed by atoms with Crippen molar-refractivity contribution >= 4 is 12.4 Å². The van der Waals surface area contributed by atoms with Gasteiger partial charge >= 0.3 is 6.18 Å². The summed E-state index contributed by atoms with van der Waals surface area (Å²) in [6.45, 7) is 0. The highest BCUT2D eigenvalue weighted by Crippen LogP contribution is 2.32. The van der Waals surface area contributed by atoms with Crippen molar-refractivity contribution in [3.63, 3.8) is 0 Å². The number of aldehydes is 1. The summed E-state index contributed by atoms with van der Waals surface area (Å²) in [5.41, 5.74) is -1.10. The van der Waals surface area contributed by atoms with E-state index in [2.05, 4.69) is 0 Å². The van der Waals surface area contributed by atoms with Crippen LogP contribution in [0.3, 0.4) is 0 Å². The number of benzene rings is 1. The summed E-state index contributed by atoms with van der Waals surface area (Å²) < 4.78 is 49.7. The monoisotopic (exact) mass is 232 g/mol. The van der Waals surface area contributed by atoms with Crippen LogP contribution < -0.4 is 0 Å². The highest BCUT2D eigenvalue weighted by atomic mass is 19.4. The van der Waals surface area contributed by atoms with Crippen molar-refractivity contribution in [1.29, 1.82) is 0 Å². The normalized spacial score (nSPS) is 12.0. The van der Waals surface area contributed by atoms with Gasteiger partial charge in [-0.2, -0.15) is 13.2 Å². The maximum Gasteiger partial charge on any atom is 0.419 e. The maximum atomic E-state index is 12.9. The Balaban J connectivity index is 3.03. The van der Waals surface area contributed by atoms with Gasteiger partial charge in [0.2, 0.25) is 0 Å². The molecule has 0 radical (unpaired) electrons. The van der Waals surface area contributed by atoms with Crippen LogP contribution in [0.25, 0.3) is 6.08 Å². The van der Waals surface area contributed by atoms with Crippen molar-refractivity contribution in [3.8, 4) is 0 Å². The molecule has 0 unspecified atom stereocenters. The Morgan fingerprint density at radius 3 is 2.50 bits per heavy atom. The van der Waals surface area contributed by atoms with Crippen molar-refractivity contribution in [2.75, 3.05) is 0 Å². The number of allylic oxidation sites excluding steroid dienone is 1. The van der Waals surface area contributed by atoms with E-state index in [1.807, 2.05) is 0 Å². The Hall–Kier alpha value is -1.65. The molecule has 0 amide bonds. The Kier molecular flexibility index (Phi) is 3.82.